The Labute approximate surface area is 138 Å². The van der Waals surface area contributed by atoms with Gasteiger partial charge in [0.05, 0.1) is 5.56 Å². The molecule has 24 heavy (non-hydrogen) atoms. The van der Waals surface area contributed by atoms with E-state index in [1.807, 2.05) is 18.2 Å². The monoisotopic (exact) mass is 331 g/mol. The SMILES string of the molecule is O=C(Nc1ccccc1)/C(=C/c1ccc(C(F)(F)F)cc1)C1CC1. The van der Waals surface area contributed by atoms with Gasteiger partial charge < -0.3 is 5.32 Å². The van der Waals surface area contributed by atoms with E-state index in [0.29, 0.717) is 16.8 Å². The minimum atomic E-state index is -4.35. The molecule has 1 N–H and O–H groups in total. The largest absolute Gasteiger partial charge is 0.416 e. The molecule has 2 nitrogen and oxygen atoms in total. The molecule has 0 bridgehead atoms. The van der Waals surface area contributed by atoms with Crippen LogP contribution in [0.1, 0.15) is 24.0 Å². The third-order valence-corrected chi connectivity index (χ3v) is 3.87. The van der Waals surface area contributed by atoms with Crippen LogP contribution < -0.4 is 5.32 Å². The third kappa shape index (κ3) is 4.04. The molecule has 1 aliphatic carbocycles. The summed E-state index contributed by atoms with van der Waals surface area (Å²) < 4.78 is 37.8. The van der Waals surface area contributed by atoms with Gasteiger partial charge in [-0.2, -0.15) is 13.2 Å². The third-order valence-electron chi connectivity index (χ3n) is 3.87. The predicted molar refractivity (Wildman–Crippen MR) is 87.2 cm³/mol. The van der Waals surface area contributed by atoms with E-state index in [9.17, 15) is 18.0 Å². The Morgan fingerprint density at radius 2 is 1.62 bits per heavy atom. The van der Waals surface area contributed by atoms with E-state index in [2.05, 4.69) is 5.32 Å². The van der Waals surface area contributed by atoms with E-state index in [1.54, 1.807) is 18.2 Å². The van der Waals surface area contributed by atoms with Gasteiger partial charge in [-0.05, 0) is 54.7 Å². The molecule has 0 unspecified atom stereocenters. The van der Waals surface area contributed by atoms with Crippen LogP contribution in [-0.2, 0) is 11.0 Å². The summed E-state index contributed by atoms with van der Waals surface area (Å²) in [5.74, 6) is -0.0281. The van der Waals surface area contributed by atoms with E-state index in [1.165, 1.54) is 12.1 Å². The van der Waals surface area contributed by atoms with Crippen LogP contribution in [0.25, 0.3) is 6.08 Å². The second-order valence-corrected chi connectivity index (χ2v) is 5.81. The highest BCUT2D eigenvalue weighted by atomic mass is 19.4. The molecule has 1 fully saturated rings. The van der Waals surface area contributed by atoms with Crippen molar-refractivity contribution in [1.82, 2.24) is 0 Å². The molecule has 124 valence electrons. The van der Waals surface area contributed by atoms with Crippen LogP contribution in [0.4, 0.5) is 18.9 Å². The van der Waals surface area contributed by atoms with Gasteiger partial charge in [-0.15, -0.1) is 0 Å². The fourth-order valence-electron chi connectivity index (χ4n) is 2.44. The average molecular weight is 331 g/mol. The standard InChI is InChI=1S/C19H16F3NO/c20-19(21,22)15-10-6-13(7-11-15)12-17(14-8-9-14)18(24)23-16-4-2-1-3-5-16/h1-7,10-12,14H,8-9H2,(H,23,24)/b17-12+. The van der Waals surface area contributed by atoms with Crippen molar-refractivity contribution in [3.63, 3.8) is 0 Å². The van der Waals surface area contributed by atoms with Gasteiger partial charge in [0.2, 0.25) is 0 Å². The molecule has 3 rings (SSSR count). The second kappa shape index (κ2) is 6.51. The van der Waals surface area contributed by atoms with Crippen molar-refractivity contribution in [2.24, 2.45) is 5.92 Å². The van der Waals surface area contributed by atoms with Crippen LogP contribution in [0.3, 0.4) is 0 Å². The first kappa shape index (κ1) is 16.3. The van der Waals surface area contributed by atoms with Gasteiger partial charge in [0, 0.05) is 11.3 Å². The first-order valence-corrected chi connectivity index (χ1v) is 7.69. The van der Waals surface area contributed by atoms with Crippen LogP contribution in [0, 0.1) is 5.92 Å². The maximum atomic E-state index is 12.6. The first-order valence-electron chi connectivity index (χ1n) is 7.69. The number of hydrogen-bond acceptors (Lipinski definition) is 1. The number of amides is 1. The number of rotatable bonds is 4. The van der Waals surface area contributed by atoms with Crippen molar-refractivity contribution in [3.8, 4) is 0 Å². The number of nitrogens with one attached hydrogen (secondary N) is 1. The number of halogens is 3. The number of hydrogen-bond donors (Lipinski definition) is 1. The topological polar surface area (TPSA) is 29.1 Å². The summed E-state index contributed by atoms with van der Waals surface area (Å²) in [6.07, 6.45) is -0.828. The average Bonchev–Trinajstić information content (AvgIpc) is 3.38. The molecule has 2 aromatic carbocycles. The van der Waals surface area contributed by atoms with E-state index in [-0.39, 0.29) is 11.8 Å². The molecule has 1 saturated carbocycles. The number of carbonyl (C=O) groups excluding carboxylic acids is 1. The Kier molecular flexibility index (Phi) is 4.42. The summed E-state index contributed by atoms with van der Waals surface area (Å²) in [4.78, 5) is 12.5. The summed E-state index contributed by atoms with van der Waals surface area (Å²) in [5.41, 5.74) is 1.20. The minimum absolute atomic E-state index is 0.177. The summed E-state index contributed by atoms with van der Waals surface area (Å²) in [6, 6.07) is 13.9. The fourth-order valence-corrected chi connectivity index (χ4v) is 2.44. The molecule has 0 radical (unpaired) electrons. The summed E-state index contributed by atoms with van der Waals surface area (Å²) in [5, 5.41) is 2.83. The quantitative estimate of drug-likeness (QED) is 0.773. The Morgan fingerprint density at radius 3 is 2.17 bits per heavy atom. The van der Waals surface area contributed by atoms with Crippen LogP contribution in [-0.4, -0.2) is 5.91 Å². The van der Waals surface area contributed by atoms with Crippen molar-refractivity contribution < 1.29 is 18.0 Å². The lowest BCUT2D eigenvalue weighted by Gasteiger charge is -2.09. The fraction of sp³-hybridized carbons (Fsp3) is 0.211. The zero-order chi connectivity index (χ0) is 17.2. The molecule has 5 heteroatoms. The lowest BCUT2D eigenvalue weighted by molar-refractivity contribution is -0.137. The molecule has 1 amide bonds. The van der Waals surface area contributed by atoms with Gasteiger partial charge in [0.15, 0.2) is 0 Å². The van der Waals surface area contributed by atoms with Crippen LogP contribution in [0.15, 0.2) is 60.2 Å². The highest BCUT2D eigenvalue weighted by Gasteiger charge is 2.31. The van der Waals surface area contributed by atoms with Crippen LogP contribution >= 0.6 is 0 Å². The normalized spacial score (nSPS) is 15.2. The summed E-state index contributed by atoms with van der Waals surface area (Å²) in [7, 11) is 0. The summed E-state index contributed by atoms with van der Waals surface area (Å²) in [6.45, 7) is 0. The molecule has 0 aliphatic heterocycles. The molecule has 1 aliphatic rings. The highest BCUT2D eigenvalue weighted by molar-refractivity contribution is 6.07. The number of para-hydroxylation sites is 1. The van der Waals surface area contributed by atoms with Crippen molar-refractivity contribution in [2.75, 3.05) is 5.32 Å². The second-order valence-electron chi connectivity index (χ2n) is 5.81. The maximum Gasteiger partial charge on any atom is 0.416 e. The number of anilines is 1. The Balaban J connectivity index is 1.80. The lowest BCUT2D eigenvalue weighted by Crippen LogP contribution is -2.15. The molecule has 0 saturated heterocycles. The predicted octanol–water partition coefficient (Wildman–Crippen LogP) is 5.14. The zero-order valence-electron chi connectivity index (χ0n) is 12.8. The van der Waals surface area contributed by atoms with Crippen LogP contribution in [0.2, 0.25) is 0 Å². The number of benzene rings is 2. The minimum Gasteiger partial charge on any atom is -0.322 e. The molecule has 2 aromatic rings. The van der Waals surface area contributed by atoms with Gasteiger partial charge in [0.25, 0.3) is 5.91 Å². The molecule has 0 spiro atoms. The highest BCUT2D eigenvalue weighted by Crippen LogP contribution is 2.38. The van der Waals surface area contributed by atoms with Gasteiger partial charge in [-0.25, -0.2) is 0 Å². The van der Waals surface area contributed by atoms with Gasteiger partial charge in [-0.1, -0.05) is 30.3 Å². The molecular weight excluding hydrogens is 315 g/mol. The van der Waals surface area contributed by atoms with Crippen molar-refractivity contribution in [3.05, 3.63) is 71.3 Å². The van der Waals surface area contributed by atoms with E-state index >= 15 is 0 Å². The smallest absolute Gasteiger partial charge is 0.322 e. The molecule has 0 heterocycles. The van der Waals surface area contributed by atoms with E-state index in [0.717, 1.165) is 25.0 Å². The van der Waals surface area contributed by atoms with Gasteiger partial charge >= 0.3 is 6.18 Å². The Hall–Kier alpha value is -2.56. The van der Waals surface area contributed by atoms with E-state index < -0.39 is 11.7 Å². The number of alkyl halides is 3. The summed E-state index contributed by atoms with van der Waals surface area (Å²) >= 11 is 0. The van der Waals surface area contributed by atoms with Gasteiger partial charge in [0.1, 0.15) is 0 Å². The van der Waals surface area contributed by atoms with Crippen molar-refractivity contribution in [1.29, 1.82) is 0 Å². The van der Waals surface area contributed by atoms with Crippen LogP contribution in [0.5, 0.6) is 0 Å². The zero-order valence-corrected chi connectivity index (χ0v) is 12.8. The van der Waals surface area contributed by atoms with Crippen molar-refractivity contribution in [2.45, 2.75) is 19.0 Å². The maximum absolute atomic E-state index is 12.6. The number of carbonyl (C=O) groups is 1. The molecule has 0 aromatic heterocycles. The molecule has 0 atom stereocenters. The van der Waals surface area contributed by atoms with Gasteiger partial charge in [-0.3, -0.25) is 4.79 Å². The molecular formula is C19H16F3NO. The van der Waals surface area contributed by atoms with Crippen molar-refractivity contribution >= 4 is 17.7 Å². The Morgan fingerprint density at radius 1 is 1.00 bits per heavy atom. The first-order chi connectivity index (χ1) is 11.4. The Bertz CT molecular complexity index is 744. The van der Waals surface area contributed by atoms with E-state index in [4.69, 9.17) is 0 Å². The lowest BCUT2D eigenvalue weighted by atomic mass is 10.0.